The molecule has 1 heterocycles. The van der Waals surface area contributed by atoms with E-state index in [1.165, 1.54) is 0 Å². The lowest BCUT2D eigenvalue weighted by Crippen LogP contribution is -2.41. The summed E-state index contributed by atoms with van der Waals surface area (Å²) in [7, 11) is 0. The van der Waals surface area contributed by atoms with Gasteiger partial charge in [0.05, 0.1) is 0 Å². The molecule has 5 heteroatoms. The molecule has 1 aromatic carbocycles. The quantitative estimate of drug-likeness (QED) is 0.797. The van der Waals surface area contributed by atoms with Crippen molar-refractivity contribution in [3.63, 3.8) is 0 Å². The van der Waals surface area contributed by atoms with E-state index in [1.54, 1.807) is 6.07 Å². The maximum absolute atomic E-state index is 10.7. The number of aliphatic carboxylic acids is 1. The maximum atomic E-state index is 10.7. The van der Waals surface area contributed by atoms with Crippen LogP contribution in [0.4, 0.5) is 0 Å². The molecule has 0 aliphatic carbocycles. The molecule has 0 amide bonds. The third-order valence-corrected chi connectivity index (χ3v) is 2.66. The molecule has 0 bridgehead atoms. The van der Waals surface area contributed by atoms with Crippen molar-refractivity contribution >= 4 is 30.0 Å². The van der Waals surface area contributed by atoms with E-state index < -0.39 is 12.0 Å². The van der Waals surface area contributed by atoms with Crippen LogP contribution in [0.25, 0.3) is 0 Å². The summed E-state index contributed by atoms with van der Waals surface area (Å²) in [5, 5.41) is 12.5. The van der Waals surface area contributed by atoms with Crippen LogP contribution in [0.5, 0.6) is 0 Å². The highest BCUT2D eigenvalue weighted by Gasteiger charge is 2.23. The Kier molecular flexibility index (Phi) is 3.97. The largest absolute Gasteiger partial charge is 0.480 e. The Morgan fingerprint density at radius 3 is 2.87 bits per heavy atom. The predicted octanol–water partition coefficient (Wildman–Crippen LogP) is 1.86. The van der Waals surface area contributed by atoms with Crippen LogP contribution in [0.1, 0.15) is 11.1 Å². The molecular weight excluding hydrogens is 237 g/mol. The van der Waals surface area contributed by atoms with Gasteiger partial charge in [0.25, 0.3) is 0 Å². The van der Waals surface area contributed by atoms with Gasteiger partial charge in [0.15, 0.2) is 0 Å². The van der Waals surface area contributed by atoms with Crippen LogP contribution in [-0.4, -0.2) is 17.1 Å². The topological polar surface area (TPSA) is 49.3 Å². The van der Waals surface area contributed by atoms with Gasteiger partial charge in [-0.1, -0.05) is 17.7 Å². The molecule has 0 saturated carbocycles. The van der Waals surface area contributed by atoms with Gasteiger partial charge in [0.2, 0.25) is 0 Å². The van der Waals surface area contributed by atoms with Crippen LogP contribution in [0.3, 0.4) is 0 Å². The smallest absolute Gasteiger partial charge is 0.321 e. The lowest BCUT2D eigenvalue weighted by atomic mass is 9.96. The zero-order valence-electron chi connectivity index (χ0n) is 7.87. The second-order valence-electron chi connectivity index (χ2n) is 3.39. The van der Waals surface area contributed by atoms with Gasteiger partial charge in [-0.15, -0.1) is 12.4 Å². The molecule has 0 spiro atoms. The molecule has 0 saturated heterocycles. The first-order valence-corrected chi connectivity index (χ1v) is 4.78. The number of rotatable bonds is 1. The molecule has 82 valence electrons. The number of benzene rings is 1. The third kappa shape index (κ3) is 2.62. The minimum Gasteiger partial charge on any atom is -0.480 e. The van der Waals surface area contributed by atoms with Crippen molar-refractivity contribution in [2.45, 2.75) is 19.0 Å². The van der Waals surface area contributed by atoms with E-state index in [4.69, 9.17) is 16.7 Å². The Hall–Kier alpha value is -0.770. The lowest BCUT2D eigenvalue weighted by molar-refractivity contribution is -0.139. The highest BCUT2D eigenvalue weighted by molar-refractivity contribution is 6.30. The number of hydrogen-bond donors (Lipinski definition) is 2. The van der Waals surface area contributed by atoms with E-state index in [9.17, 15) is 4.79 Å². The maximum Gasteiger partial charge on any atom is 0.321 e. The first-order chi connectivity index (χ1) is 6.66. The van der Waals surface area contributed by atoms with Gasteiger partial charge in [0, 0.05) is 11.6 Å². The summed E-state index contributed by atoms with van der Waals surface area (Å²) >= 11 is 5.83. The normalized spacial score (nSPS) is 18.9. The van der Waals surface area contributed by atoms with E-state index in [0.29, 0.717) is 18.0 Å². The van der Waals surface area contributed by atoms with Crippen LogP contribution < -0.4 is 5.32 Å². The molecule has 1 unspecified atom stereocenters. The van der Waals surface area contributed by atoms with Crippen molar-refractivity contribution in [3.05, 3.63) is 34.3 Å². The fourth-order valence-corrected chi connectivity index (χ4v) is 1.85. The summed E-state index contributed by atoms with van der Waals surface area (Å²) in [5.41, 5.74) is 2.16. The number of nitrogens with one attached hydrogen (secondary N) is 1. The van der Waals surface area contributed by atoms with Crippen LogP contribution in [0.15, 0.2) is 18.2 Å². The van der Waals surface area contributed by atoms with Crippen molar-refractivity contribution in [2.75, 3.05) is 0 Å². The van der Waals surface area contributed by atoms with Gasteiger partial charge < -0.3 is 10.4 Å². The number of halogens is 2. The number of fused-ring (bicyclic) bond motifs is 1. The molecule has 2 rings (SSSR count). The molecule has 1 aromatic rings. The highest BCUT2D eigenvalue weighted by atomic mass is 35.5. The van der Waals surface area contributed by atoms with E-state index >= 15 is 0 Å². The van der Waals surface area contributed by atoms with Crippen LogP contribution in [-0.2, 0) is 17.8 Å². The molecule has 1 atom stereocenters. The van der Waals surface area contributed by atoms with Gasteiger partial charge in [-0.2, -0.15) is 0 Å². The molecule has 0 aromatic heterocycles. The van der Waals surface area contributed by atoms with Gasteiger partial charge in [-0.25, -0.2) is 0 Å². The standard InChI is InChI=1S/C10H10ClNO2.ClH/c11-8-2-1-6-4-9(10(13)14)12-5-7(6)3-8;/h1-3,9,12H,4-5H2,(H,13,14);1H. The summed E-state index contributed by atoms with van der Waals surface area (Å²) in [5.74, 6) is -0.800. The van der Waals surface area contributed by atoms with Crippen LogP contribution in [0, 0.1) is 0 Å². The average molecular weight is 248 g/mol. The van der Waals surface area contributed by atoms with Crippen LogP contribution in [0.2, 0.25) is 5.02 Å². The van der Waals surface area contributed by atoms with Crippen molar-refractivity contribution < 1.29 is 9.90 Å². The molecule has 15 heavy (non-hydrogen) atoms. The minimum absolute atomic E-state index is 0. The number of carboxylic acid groups (broad SMARTS) is 1. The molecule has 3 nitrogen and oxygen atoms in total. The summed E-state index contributed by atoms with van der Waals surface area (Å²) < 4.78 is 0. The Bertz CT molecular complexity index is 382. The Morgan fingerprint density at radius 2 is 2.20 bits per heavy atom. The summed E-state index contributed by atoms with van der Waals surface area (Å²) in [6.07, 6.45) is 0.530. The van der Waals surface area contributed by atoms with E-state index in [2.05, 4.69) is 5.32 Å². The number of hydrogen-bond acceptors (Lipinski definition) is 2. The molecule has 0 fully saturated rings. The second kappa shape index (κ2) is 4.84. The molecule has 1 aliphatic rings. The fourth-order valence-electron chi connectivity index (χ4n) is 1.66. The van der Waals surface area contributed by atoms with E-state index in [-0.39, 0.29) is 12.4 Å². The Balaban J connectivity index is 0.00000112. The van der Waals surface area contributed by atoms with Gasteiger partial charge in [-0.05, 0) is 29.7 Å². The third-order valence-electron chi connectivity index (χ3n) is 2.43. The molecule has 1 aliphatic heterocycles. The predicted molar refractivity (Wildman–Crippen MR) is 60.7 cm³/mol. The Morgan fingerprint density at radius 1 is 1.47 bits per heavy atom. The molecular formula is C10H11Cl2NO2. The zero-order chi connectivity index (χ0) is 10.1. The van der Waals surface area contributed by atoms with Gasteiger partial charge in [0.1, 0.15) is 6.04 Å². The minimum atomic E-state index is -0.800. The fraction of sp³-hybridized carbons (Fsp3) is 0.300. The average Bonchev–Trinajstić information content (AvgIpc) is 2.16. The van der Waals surface area contributed by atoms with Crippen molar-refractivity contribution in [1.82, 2.24) is 5.32 Å². The van der Waals surface area contributed by atoms with E-state index in [0.717, 1.165) is 11.1 Å². The summed E-state index contributed by atoms with van der Waals surface area (Å²) in [6.45, 7) is 0.576. The first-order valence-electron chi connectivity index (χ1n) is 4.40. The summed E-state index contributed by atoms with van der Waals surface area (Å²) in [6, 6.07) is 5.10. The second-order valence-corrected chi connectivity index (χ2v) is 3.83. The monoisotopic (exact) mass is 247 g/mol. The van der Waals surface area contributed by atoms with Gasteiger partial charge in [-0.3, -0.25) is 4.79 Å². The Labute approximate surface area is 98.8 Å². The van der Waals surface area contributed by atoms with Gasteiger partial charge >= 0.3 is 5.97 Å². The van der Waals surface area contributed by atoms with E-state index in [1.807, 2.05) is 12.1 Å². The number of carbonyl (C=O) groups is 1. The molecule has 2 N–H and O–H groups in total. The zero-order valence-corrected chi connectivity index (χ0v) is 9.44. The van der Waals surface area contributed by atoms with Crippen molar-refractivity contribution in [2.24, 2.45) is 0 Å². The van der Waals surface area contributed by atoms with Crippen molar-refractivity contribution in [1.29, 1.82) is 0 Å². The van der Waals surface area contributed by atoms with Crippen molar-refractivity contribution in [3.8, 4) is 0 Å². The molecule has 0 radical (unpaired) electrons. The highest BCUT2D eigenvalue weighted by Crippen LogP contribution is 2.20. The first kappa shape index (κ1) is 12.3. The number of carboxylic acids is 1. The lowest BCUT2D eigenvalue weighted by Gasteiger charge is -2.23. The summed E-state index contributed by atoms with van der Waals surface area (Å²) in [4.78, 5) is 10.7. The van der Waals surface area contributed by atoms with Crippen LogP contribution >= 0.6 is 24.0 Å². The SMILES string of the molecule is Cl.O=C(O)C1Cc2ccc(Cl)cc2CN1.